The lowest BCUT2D eigenvalue weighted by atomic mass is 10.2. The average Bonchev–Trinajstić information content (AvgIpc) is 2.51. The van der Waals surface area contributed by atoms with Crippen molar-refractivity contribution >= 4 is 27.6 Å². The van der Waals surface area contributed by atoms with Crippen LogP contribution in [0, 0.1) is 6.92 Å². The minimum atomic E-state index is -0.000311. The highest BCUT2D eigenvalue weighted by Crippen LogP contribution is 2.20. The maximum absolute atomic E-state index is 12.4. The number of aryl methyl sites for hydroxylation is 1. The van der Waals surface area contributed by atoms with Crippen molar-refractivity contribution in [1.82, 2.24) is 14.7 Å². The monoisotopic (exact) mass is 382 g/mol. The number of hydrogen-bond donors (Lipinski definition) is 1. The standard InChI is InChI=1S/C17H27BrN4O/c1-14-13-15(5-6-16(14)18)19-17(23)22-11-9-21(10-12-22)8-4-7-20(2)3/h5-6,13H,4,7-12H2,1-3H3,(H,19,23). The van der Waals surface area contributed by atoms with Gasteiger partial charge in [-0.15, -0.1) is 0 Å². The molecular weight excluding hydrogens is 356 g/mol. The number of nitrogens with one attached hydrogen (secondary N) is 1. The summed E-state index contributed by atoms with van der Waals surface area (Å²) in [5.74, 6) is 0. The Bertz CT molecular complexity index is 527. The quantitative estimate of drug-likeness (QED) is 0.850. The van der Waals surface area contributed by atoms with E-state index in [4.69, 9.17) is 0 Å². The third-order valence-corrected chi connectivity index (χ3v) is 5.04. The van der Waals surface area contributed by atoms with Crippen LogP contribution < -0.4 is 5.32 Å². The number of nitrogens with zero attached hydrogens (tertiary/aromatic N) is 3. The maximum atomic E-state index is 12.4. The Labute approximate surface area is 147 Å². The Morgan fingerprint density at radius 1 is 1.26 bits per heavy atom. The predicted molar refractivity (Wildman–Crippen MR) is 99.1 cm³/mol. The molecule has 0 bridgehead atoms. The molecule has 128 valence electrons. The lowest BCUT2D eigenvalue weighted by Crippen LogP contribution is -2.50. The molecular formula is C17H27BrN4O. The van der Waals surface area contributed by atoms with Gasteiger partial charge in [-0.1, -0.05) is 15.9 Å². The molecule has 0 atom stereocenters. The van der Waals surface area contributed by atoms with Gasteiger partial charge in [0.25, 0.3) is 0 Å². The zero-order chi connectivity index (χ0) is 16.8. The minimum absolute atomic E-state index is 0.000311. The summed E-state index contributed by atoms with van der Waals surface area (Å²) in [5.41, 5.74) is 1.97. The van der Waals surface area contributed by atoms with Gasteiger partial charge in [0.05, 0.1) is 0 Å². The van der Waals surface area contributed by atoms with Crippen molar-refractivity contribution in [2.24, 2.45) is 0 Å². The van der Waals surface area contributed by atoms with E-state index in [0.717, 1.165) is 55.0 Å². The molecule has 0 saturated carbocycles. The molecule has 0 radical (unpaired) electrons. The van der Waals surface area contributed by atoms with E-state index in [1.807, 2.05) is 30.0 Å². The van der Waals surface area contributed by atoms with E-state index in [9.17, 15) is 4.79 Å². The number of amides is 2. The van der Waals surface area contributed by atoms with Gasteiger partial charge in [-0.2, -0.15) is 0 Å². The number of piperazine rings is 1. The third-order valence-electron chi connectivity index (χ3n) is 4.15. The topological polar surface area (TPSA) is 38.8 Å². The van der Waals surface area contributed by atoms with Crippen molar-refractivity contribution in [1.29, 1.82) is 0 Å². The van der Waals surface area contributed by atoms with Crippen molar-refractivity contribution < 1.29 is 4.79 Å². The number of urea groups is 1. The fraction of sp³-hybridized carbons (Fsp3) is 0.588. The fourth-order valence-electron chi connectivity index (χ4n) is 2.71. The summed E-state index contributed by atoms with van der Waals surface area (Å²) >= 11 is 3.48. The van der Waals surface area contributed by atoms with Crippen LogP contribution in [-0.4, -0.2) is 74.1 Å². The first-order valence-electron chi connectivity index (χ1n) is 8.15. The van der Waals surface area contributed by atoms with Gasteiger partial charge in [0.15, 0.2) is 0 Å². The second-order valence-electron chi connectivity index (χ2n) is 6.38. The van der Waals surface area contributed by atoms with E-state index < -0.39 is 0 Å². The average molecular weight is 383 g/mol. The highest BCUT2D eigenvalue weighted by molar-refractivity contribution is 9.10. The number of benzene rings is 1. The van der Waals surface area contributed by atoms with Crippen LogP contribution in [0.2, 0.25) is 0 Å². The maximum Gasteiger partial charge on any atom is 0.321 e. The molecule has 1 aromatic carbocycles. The SMILES string of the molecule is Cc1cc(NC(=O)N2CCN(CCCN(C)C)CC2)ccc1Br. The molecule has 2 amide bonds. The highest BCUT2D eigenvalue weighted by atomic mass is 79.9. The number of carbonyl (C=O) groups excluding carboxylic acids is 1. The van der Waals surface area contributed by atoms with E-state index >= 15 is 0 Å². The lowest BCUT2D eigenvalue weighted by molar-refractivity contribution is 0.144. The molecule has 0 aliphatic carbocycles. The molecule has 1 aliphatic heterocycles. The highest BCUT2D eigenvalue weighted by Gasteiger charge is 2.20. The summed E-state index contributed by atoms with van der Waals surface area (Å²) < 4.78 is 1.06. The molecule has 0 unspecified atom stereocenters. The molecule has 1 saturated heterocycles. The molecule has 1 fully saturated rings. The van der Waals surface area contributed by atoms with Gasteiger partial charge in [0.2, 0.25) is 0 Å². The molecule has 0 spiro atoms. The van der Waals surface area contributed by atoms with Crippen molar-refractivity contribution in [3.63, 3.8) is 0 Å². The van der Waals surface area contributed by atoms with Crippen molar-refractivity contribution in [3.8, 4) is 0 Å². The van der Waals surface area contributed by atoms with Gasteiger partial charge in [-0.25, -0.2) is 4.79 Å². The van der Waals surface area contributed by atoms with Crippen LogP contribution in [0.3, 0.4) is 0 Å². The van der Waals surface area contributed by atoms with Crippen LogP contribution in [0.4, 0.5) is 10.5 Å². The van der Waals surface area contributed by atoms with Crippen LogP contribution in [-0.2, 0) is 0 Å². The molecule has 6 heteroatoms. The van der Waals surface area contributed by atoms with Gasteiger partial charge in [-0.3, -0.25) is 4.90 Å². The van der Waals surface area contributed by atoms with Crippen molar-refractivity contribution in [2.45, 2.75) is 13.3 Å². The van der Waals surface area contributed by atoms with Gasteiger partial charge in [0.1, 0.15) is 0 Å². The van der Waals surface area contributed by atoms with Crippen molar-refractivity contribution in [3.05, 3.63) is 28.2 Å². The lowest BCUT2D eigenvalue weighted by Gasteiger charge is -2.34. The van der Waals surface area contributed by atoms with Gasteiger partial charge >= 0.3 is 6.03 Å². The summed E-state index contributed by atoms with van der Waals surface area (Å²) in [7, 11) is 4.21. The zero-order valence-corrected chi connectivity index (χ0v) is 15.9. The largest absolute Gasteiger partial charge is 0.322 e. The van der Waals surface area contributed by atoms with E-state index in [-0.39, 0.29) is 6.03 Å². The summed E-state index contributed by atoms with van der Waals surface area (Å²) in [6.45, 7) is 7.75. The molecule has 5 nitrogen and oxygen atoms in total. The molecule has 23 heavy (non-hydrogen) atoms. The van der Waals surface area contributed by atoms with Crippen LogP contribution in [0.1, 0.15) is 12.0 Å². The van der Waals surface area contributed by atoms with Crippen LogP contribution in [0.5, 0.6) is 0 Å². The number of carbonyl (C=O) groups is 1. The minimum Gasteiger partial charge on any atom is -0.322 e. The number of hydrogen-bond acceptors (Lipinski definition) is 3. The Kier molecular flexibility index (Phi) is 6.87. The number of anilines is 1. The summed E-state index contributed by atoms with van der Waals surface area (Å²) in [6, 6.07) is 5.87. The first-order chi connectivity index (χ1) is 11.0. The summed E-state index contributed by atoms with van der Waals surface area (Å²) in [5, 5.41) is 2.99. The molecule has 1 aliphatic rings. The van der Waals surface area contributed by atoms with E-state index in [1.54, 1.807) is 0 Å². The smallest absolute Gasteiger partial charge is 0.321 e. The molecule has 0 aromatic heterocycles. The molecule has 1 aromatic rings. The van der Waals surface area contributed by atoms with Gasteiger partial charge < -0.3 is 15.1 Å². The first kappa shape index (κ1) is 18.2. The Balaban J connectivity index is 1.76. The Hall–Kier alpha value is -1.11. The van der Waals surface area contributed by atoms with E-state index in [1.165, 1.54) is 6.42 Å². The molecule has 1 heterocycles. The van der Waals surface area contributed by atoms with E-state index in [0.29, 0.717) is 0 Å². The zero-order valence-electron chi connectivity index (χ0n) is 14.3. The predicted octanol–water partition coefficient (Wildman–Crippen LogP) is 2.86. The van der Waals surface area contributed by atoms with Crippen LogP contribution in [0.25, 0.3) is 0 Å². The van der Waals surface area contributed by atoms with Gasteiger partial charge in [-0.05, 0) is 64.3 Å². The number of halogens is 1. The van der Waals surface area contributed by atoms with Crippen LogP contribution >= 0.6 is 15.9 Å². The summed E-state index contributed by atoms with van der Waals surface area (Å²) in [6.07, 6.45) is 1.18. The van der Waals surface area contributed by atoms with Crippen molar-refractivity contribution in [2.75, 3.05) is 58.7 Å². The second kappa shape index (κ2) is 8.66. The fourth-order valence-corrected chi connectivity index (χ4v) is 2.96. The summed E-state index contributed by atoms with van der Waals surface area (Å²) in [4.78, 5) is 18.9. The number of rotatable bonds is 5. The third kappa shape index (κ3) is 5.79. The van der Waals surface area contributed by atoms with Gasteiger partial charge in [0, 0.05) is 36.3 Å². The Morgan fingerprint density at radius 2 is 1.96 bits per heavy atom. The normalized spacial score (nSPS) is 16.0. The van der Waals surface area contributed by atoms with Crippen LogP contribution in [0.15, 0.2) is 22.7 Å². The Morgan fingerprint density at radius 3 is 2.57 bits per heavy atom. The first-order valence-corrected chi connectivity index (χ1v) is 8.94. The molecule has 1 N–H and O–H groups in total. The van der Waals surface area contributed by atoms with E-state index in [2.05, 4.69) is 45.1 Å². The molecule has 2 rings (SSSR count). The second-order valence-corrected chi connectivity index (χ2v) is 7.23.